The molecule has 0 saturated carbocycles. The van der Waals surface area contributed by atoms with Gasteiger partial charge in [0.1, 0.15) is 17.4 Å². The van der Waals surface area contributed by atoms with Crippen LogP contribution in [-0.2, 0) is 10.3 Å². The number of aromatic amines is 1. The molecule has 0 fully saturated rings. The van der Waals surface area contributed by atoms with Crippen LogP contribution >= 0.6 is 0 Å². The summed E-state index contributed by atoms with van der Waals surface area (Å²) >= 11 is 0. The molecule has 0 unspecified atom stereocenters. The fraction of sp³-hybridized carbons (Fsp3) is 0.462. The third-order valence-corrected chi connectivity index (χ3v) is 3.42. The predicted molar refractivity (Wildman–Crippen MR) is 68.1 cm³/mol. The van der Waals surface area contributed by atoms with Gasteiger partial charge in [0.2, 0.25) is 5.82 Å². The van der Waals surface area contributed by atoms with Crippen LogP contribution in [0.2, 0.25) is 0 Å². The zero-order valence-electron chi connectivity index (χ0n) is 11.2. The molecule has 6 heteroatoms. The van der Waals surface area contributed by atoms with Crippen molar-refractivity contribution >= 4 is 0 Å². The van der Waals surface area contributed by atoms with Gasteiger partial charge in [-0.2, -0.15) is 10.2 Å². The van der Waals surface area contributed by atoms with Gasteiger partial charge in [-0.05, 0) is 18.9 Å². The Morgan fingerprint density at radius 3 is 2.74 bits per heavy atom. The molecule has 2 aromatic rings. The molecule has 0 bridgehead atoms. The summed E-state index contributed by atoms with van der Waals surface area (Å²) in [5, 5.41) is 12.8. The Balaban J connectivity index is 2.35. The lowest BCUT2D eigenvalue weighted by Gasteiger charge is -2.25. The van der Waals surface area contributed by atoms with Crippen LogP contribution in [0.25, 0.3) is 11.5 Å². The summed E-state index contributed by atoms with van der Waals surface area (Å²) in [6.07, 6.45) is 3.19. The van der Waals surface area contributed by atoms with Crippen molar-refractivity contribution in [2.75, 3.05) is 7.11 Å². The Morgan fingerprint density at radius 2 is 2.21 bits per heavy atom. The topological polar surface area (TPSA) is 87.7 Å². The first-order valence-corrected chi connectivity index (χ1v) is 6.17. The molecule has 19 heavy (non-hydrogen) atoms. The molecule has 0 spiro atoms. The first kappa shape index (κ1) is 13.3. The van der Waals surface area contributed by atoms with Crippen LogP contribution in [-0.4, -0.2) is 22.2 Å². The highest BCUT2D eigenvalue weighted by molar-refractivity contribution is 5.54. The van der Waals surface area contributed by atoms with Crippen LogP contribution in [0.15, 0.2) is 16.8 Å². The molecule has 0 aliphatic heterocycles. The van der Waals surface area contributed by atoms with E-state index in [0.29, 0.717) is 23.0 Å². The second kappa shape index (κ2) is 5.24. The zero-order valence-corrected chi connectivity index (χ0v) is 11.2. The van der Waals surface area contributed by atoms with Crippen molar-refractivity contribution in [3.63, 3.8) is 0 Å². The van der Waals surface area contributed by atoms with E-state index in [1.807, 2.05) is 19.9 Å². The summed E-state index contributed by atoms with van der Waals surface area (Å²) in [4.78, 5) is 7.20. The van der Waals surface area contributed by atoms with Gasteiger partial charge in [-0.15, -0.1) is 0 Å². The fourth-order valence-corrected chi connectivity index (χ4v) is 2.05. The maximum atomic E-state index is 8.78. The second-order valence-electron chi connectivity index (χ2n) is 4.24. The summed E-state index contributed by atoms with van der Waals surface area (Å²) in [6, 6.07) is 3.69. The number of methoxy groups -OCH3 is 1. The summed E-state index contributed by atoms with van der Waals surface area (Å²) in [7, 11) is 1.65. The van der Waals surface area contributed by atoms with Crippen LogP contribution in [0.5, 0.6) is 0 Å². The minimum absolute atomic E-state index is 0.385. The predicted octanol–water partition coefficient (Wildman–Crippen LogP) is 2.60. The van der Waals surface area contributed by atoms with Crippen molar-refractivity contribution in [1.82, 2.24) is 15.1 Å². The van der Waals surface area contributed by atoms with Crippen molar-refractivity contribution in [2.45, 2.75) is 32.3 Å². The highest BCUT2D eigenvalue weighted by atomic mass is 16.5. The van der Waals surface area contributed by atoms with Crippen LogP contribution in [0, 0.1) is 11.3 Å². The quantitative estimate of drug-likeness (QED) is 0.892. The molecule has 2 heterocycles. The lowest BCUT2D eigenvalue weighted by atomic mass is 9.96. The van der Waals surface area contributed by atoms with E-state index in [4.69, 9.17) is 14.5 Å². The largest absolute Gasteiger partial charge is 0.370 e. The highest BCUT2D eigenvalue weighted by Crippen LogP contribution is 2.31. The van der Waals surface area contributed by atoms with E-state index in [2.05, 4.69) is 15.1 Å². The third kappa shape index (κ3) is 2.25. The van der Waals surface area contributed by atoms with Crippen molar-refractivity contribution in [2.24, 2.45) is 0 Å². The minimum atomic E-state index is -0.518. The standard InChI is InChI=1S/C13H16N4O2/c1-4-13(5-2,18-3)12-16-11(19-17-12)9-6-10(7-14)15-8-9/h6,8,15H,4-5H2,1-3H3. The molecule has 0 aromatic carbocycles. The number of rotatable bonds is 5. The molecule has 1 N–H and O–H groups in total. The van der Waals surface area contributed by atoms with E-state index in [-0.39, 0.29) is 0 Å². The number of hydrogen-bond acceptors (Lipinski definition) is 5. The molecule has 6 nitrogen and oxygen atoms in total. The lowest BCUT2D eigenvalue weighted by Crippen LogP contribution is -2.28. The van der Waals surface area contributed by atoms with E-state index < -0.39 is 5.60 Å². The number of aromatic nitrogens is 3. The van der Waals surface area contributed by atoms with E-state index in [1.54, 1.807) is 19.4 Å². The number of nitrogens with zero attached hydrogens (tertiary/aromatic N) is 3. The zero-order chi connectivity index (χ0) is 13.9. The molecule has 0 aliphatic carbocycles. The molecule has 0 atom stereocenters. The average Bonchev–Trinajstić information content (AvgIpc) is 3.10. The third-order valence-electron chi connectivity index (χ3n) is 3.42. The number of hydrogen-bond donors (Lipinski definition) is 1. The minimum Gasteiger partial charge on any atom is -0.370 e. The molecule has 2 aromatic heterocycles. The van der Waals surface area contributed by atoms with Gasteiger partial charge in [-0.3, -0.25) is 0 Å². The molecule has 0 aliphatic rings. The second-order valence-corrected chi connectivity index (χ2v) is 4.24. The van der Waals surface area contributed by atoms with Crippen LogP contribution in [0.3, 0.4) is 0 Å². The van der Waals surface area contributed by atoms with Crippen molar-refractivity contribution in [3.05, 3.63) is 23.8 Å². The Bertz CT molecular complexity index is 582. The summed E-state index contributed by atoms with van der Waals surface area (Å²) in [6.45, 7) is 4.04. The SMILES string of the molecule is CCC(CC)(OC)c1noc(-c2c[nH]c(C#N)c2)n1. The van der Waals surface area contributed by atoms with Gasteiger partial charge in [0, 0.05) is 13.3 Å². The molecule has 100 valence electrons. The van der Waals surface area contributed by atoms with Gasteiger partial charge < -0.3 is 14.2 Å². The van der Waals surface area contributed by atoms with Gasteiger partial charge in [-0.25, -0.2) is 0 Å². The monoisotopic (exact) mass is 260 g/mol. The smallest absolute Gasteiger partial charge is 0.259 e. The summed E-state index contributed by atoms with van der Waals surface area (Å²) in [5.74, 6) is 0.922. The maximum absolute atomic E-state index is 8.78. The number of nitriles is 1. The first-order valence-electron chi connectivity index (χ1n) is 6.17. The lowest BCUT2D eigenvalue weighted by molar-refractivity contribution is -0.0306. The summed E-state index contributed by atoms with van der Waals surface area (Å²) in [5.41, 5.74) is 0.641. The van der Waals surface area contributed by atoms with Gasteiger partial charge in [0.25, 0.3) is 5.89 Å². The van der Waals surface area contributed by atoms with E-state index >= 15 is 0 Å². The van der Waals surface area contributed by atoms with Crippen LogP contribution < -0.4 is 0 Å². The normalized spacial score (nSPS) is 11.5. The Kier molecular flexibility index (Phi) is 3.67. The van der Waals surface area contributed by atoms with Gasteiger partial charge in [0.05, 0.1) is 5.56 Å². The van der Waals surface area contributed by atoms with E-state index in [9.17, 15) is 0 Å². The summed E-state index contributed by atoms with van der Waals surface area (Å²) < 4.78 is 10.8. The molecule has 2 rings (SSSR count). The Morgan fingerprint density at radius 1 is 1.47 bits per heavy atom. The molecule has 0 amide bonds. The number of H-pyrrole nitrogens is 1. The first-order chi connectivity index (χ1) is 9.19. The number of nitrogens with one attached hydrogen (secondary N) is 1. The Labute approximate surface area is 111 Å². The Hall–Kier alpha value is -2.13. The molecular formula is C13H16N4O2. The van der Waals surface area contributed by atoms with Crippen molar-refractivity contribution < 1.29 is 9.26 Å². The fourth-order valence-electron chi connectivity index (χ4n) is 2.05. The molecule has 0 saturated heterocycles. The number of ether oxygens (including phenoxy) is 1. The van der Waals surface area contributed by atoms with Gasteiger partial charge in [-0.1, -0.05) is 19.0 Å². The van der Waals surface area contributed by atoms with E-state index in [1.165, 1.54) is 0 Å². The maximum Gasteiger partial charge on any atom is 0.259 e. The average molecular weight is 260 g/mol. The highest BCUT2D eigenvalue weighted by Gasteiger charge is 2.33. The molecular weight excluding hydrogens is 244 g/mol. The van der Waals surface area contributed by atoms with Gasteiger partial charge >= 0.3 is 0 Å². The van der Waals surface area contributed by atoms with Gasteiger partial charge in [0.15, 0.2) is 0 Å². The van der Waals surface area contributed by atoms with Crippen LogP contribution in [0.1, 0.15) is 38.2 Å². The van der Waals surface area contributed by atoms with Crippen LogP contribution in [0.4, 0.5) is 0 Å². The van der Waals surface area contributed by atoms with Crippen molar-refractivity contribution in [3.8, 4) is 17.5 Å². The van der Waals surface area contributed by atoms with E-state index in [0.717, 1.165) is 12.8 Å². The molecule has 0 radical (unpaired) electrons. The van der Waals surface area contributed by atoms with Crippen molar-refractivity contribution in [1.29, 1.82) is 5.26 Å².